The van der Waals surface area contributed by atoms with Crippen LogP contribution in [0.2, 0.25) is 0 Å². The van der Waals surface area contributed by atoms with Crippen molar-refractivity contribution in [3.8, 4) is 0 Å². The molecule has 0 spiro atoms. The number of H-pyrrole nitrogens is 1. The second kappa shape index (κ2) is 7.61. The van der Waals surface area contributed by atoms with Gasteiger partial charge in [0.2, 0.25) is 5.16 Å². The van der Waals surface area contributed by atoms with Crippen LogP contribution in [0.1, 0.15) is 58.9 Å². The van der Waals surface area contributed by atoms with Crippen molar-refractivity contribution in [3.05, 3.63) is 22.5 Å². The number of hydrogen-bond donors (Lipinski definition) is 1. The van der Waals surface area contributed by atoms with Gasteiger partial charge in [-0.2, -0.15) is 0 Å². The van der Waals surface area contributed by atoms with Crippen LogP contribution in [0.4, 0.5) is 0 Å². The monoisotopic (exact) mass is 351 g/mol. The van der Waals surface area contributed by atoms with Crippen LogP contribution in [0.25, 0.3) is 0 Å². The minimum absolute atomic E-state index is 0.101. The lowest BCUT2D eigenvalue weighted by Gasteiger charge is -2.08. The van der Waals surface area contributed by atoms with Gasteiger partial charge in [0.1, 0.15) is 0 Å². The van der Waals surface area contributed by atoms with E-state index in [1.54, 1.807) is 25.5 Å². The van der Waals surface area contributed by atoms with Crippen LogP contribution >= 0.6 is 11.8 Å². The highest BCUT2D eigenvalue weighted by molar-refractivity contribution is 7.99. The Kier molecular flexibility index (Phi) is 5.76. The fourth-order valence-corrected chi connectivity index (χ4v) is 3.27. The molecule has 0 atom stereocenters. The van der Waals surface area contributed by atoms with Gasteiger partial charge in [0, 0.05) is 11.4 Å². The fraction of sp³-hybridized carbons (Fsp3) is 0.533. The van der Waals surface area contributed by atoms with Crippen molar-refractivity contribution < 1.29 is 14.3 Å². The molecule has 8 nitrogen and oxygen atoms in total. The second-order valence-corrected chi connectivity index (χ2v) is 6.50. The van der Waals surface area contributed by atoms with Gasteiger partial charge < -0.3 is 9.72 Å². The summed E-state index contributed by atoms with van der Waals surface area (Å²) in [6.45, 7) is 9.43. The number of tetrazole rings is 1. The molecule has 0 aliphatic heterocycles. The number of esters is 1. The molecule has 1 N–H and O–H groups in total. The predicted octanol–water partition coefficient (Wildman–Crippen LogP) is 2.35. The SMILES string of the molecule is CCOC(=O)c1c(C)[nH]c(C)c1C(=O)CSc1nnnn1C(C)C. The number of aromatic nitrogens is 5. The van der Waals surface area contributed by atoms with E-state index in [0.29, 0.717) is 27.7 Å². The topological polar surface area (TPSA) is 103 Å². The molecule has 0 saturated heterocycles. The number of nitrogens with zero attached hydrogens (tertiary/aromatic N) is 4. The Labute approximate surface area is 144 Å². The van der Waals surface area contributed by atoms with Crippen molar-refractivity contribution in [2.45, 2.75) is 45.8 Å². The lowest BCUT2D eigenvalue weighted by molar-refractivity contribution is 0.0522. The average molecular weight is 351 g/mol. The Morgan fingerprint density at radius 3 is 2.54 bits per heavy atom. The zero-order valence-corrected chi connectivity index (χ0v) is 15.2. The summed E-state index contributed by atoms with van der Waals surface area (Å²) >= 11 is 1.25. The van der Waals surface area contributed by atoms with Crippen LogP contribution in [0.3, 0.4) is 0 Å². The maximum Gasteiger partial charge on any atom is 0.340 e. The molecule has 2 heterocycles. The van der Waals surface area contributed by atoms with Crippen LogP contribution < -0.4 is 0 Å². The van der Waals surface area contributed by atoms with E-state index in [1.807, 2.05) is 13.8 Å². The maximum absolute atomic E-state index is 12.7. The van der Waals surface area contributed by atoms with E-state index >= 15 is 0 Å². The van der Waals surface area contributed by atoms with Crippen molar-refractivity contribution >= 4 is 23.5 Å². The molecule has 2 aromatic heterocycles. The maximum atomic E-state index is 12.7. The van der Waals surface area contributed by atoms with E-state index in [9.17, 15) is 9.59 Å². The molecule has 2 aromatic rings. The van der Waals surface area contributed by atoms with Crippen molar-refractivity contribution in [3.63, 3.8) is 0 Å². The average Bonchev–Trinajstić information content (AvgIpc) is 3.09. The predicted molar refractivity (Wildman–Crippen MR) is 89.5 cm³/mol. The van der Waals surface area contributed by atoms with Gasteiger partial charge in [0.25, 0.3) is 0 Å². The number of aromatic amines is 1. The van der Waals surface area contributed by atoms with E-state index in [0.717, 1.165) is 0 Å². The number of carbonyl (C=O) groups excluding carboxylic acids is 2. The summed E-state index contributed by atoms with van der Waals surface area (Å²) in [6.07, 6.45) is 0. The van der Waals surface area contributed by atoms with Gasteiger partial charge >= 0.3 is 5.97 Å². The molecule has 9 heteroatoms. The third-order valence-electron chi connectivity index (χ3n) is 3.42. The van der Waals surface area contributed by atoms with Crippen molar-refractivity contribution in [2.24, 2.45) is 0 Å². The number of aryl methyl sites for hydroxylation is 2. The first-order chi connectivity index (χ1) is 11.4. The minimum Gasteiger partial charge on any atom is -0.462 e. The summed E-state index contributed by atoms with van der Waals surface area (Å²) in [5, 5.41) is 12.0. The third kappa shape index (κ3) is 3.66. The van der Waals surface area contributed by atoms with Crippen LogP contribution in [0.15, 0.2) is 5.16 Å². The fourth-order valence-electron chi connectivity index (χ4n) is 2.40. The van der Waals surface area contributed by atoms with E-state index in [2.05, 4.69) is 20.5 Å². The van der Waals surface area contributed by atoms with E-state index in [1.165, 1.54) is 11.8 Å². The molecule has 0 amide bonds. The molecule has 130 valence electrons. The number of Topliss-reactive ketones (excluding diaryl/α,β-unsaturated/α-hetero) is 1. The Morgan fingerprint density at radius 1 is 1.25 bits per heavy atom. The number of ether oxygens (including phenoxy) is 1. The van der Waals surface area contributed by atoms with E-state index in [-0.39, 0.29) is 24.2 Å². The van der Waals surface area contributed by atoms with Crippen LogP contribution in [-0.2, 0) is 4.74 Å². The first kappa shape index (κ1) is 18.2. The number of rotatable bonds is 7. The Balaban J connectivity index is 2.21. The van der Waals surface area contributed by atoms with Crippen LogP contribution in [0.5, 0.6) is 0 Å². The molecule has 0 aliphatic carbocycles. The van der Waals surface area contributed by atoms with Gasteiger partial charge in [-0.25, -0.2) is 9.48 Å². The second-order valence-electron chi connectivity index (χ2n) is 5.56. The standard InChI is InChI=1S/C15H21N5O3S/c1-6-23-14(22)13-10(5)16-9(4)12(13)11(21)7-24-15-17-18-19-20(15)8(2)3/h8,16H,6-7H2,1-5H3. The highest BCUT2D eigenvalue weighted by Crippen LogP contribution is 2.24. The molecule has 0 aromatic carbocycles. The normalized spacial score (nSPS) is 11.1. The highest BCUT2D eigenvalue weighted by Gasteiger charge is 2.25. The van der Waals surface area contributed by atoms with Gasteiger partial charge in [-0.3, -0.25) is 4.79 Å². The van der Waals surface area contributed by atoms with Crippen molar-refractivity contribution in [2.75, 3.05) is 12.4 Å². The first-order valence-electron chi connectivity index (χ1n) is 7.66. The Hall–Kier alpha value is -2.16. The quantitative estimate of drug-likeness (QED) is 0.464. The lowest BCUT2D eigenvalue weighted by Crippen LogP contribution is -2.14. The zero-order valence-electron chi connectivity index (χ0n) is 14.4. The number of carbonyl (C=O) groups is 2. The minimum atomic E-state index is -0.486. The molecule has 2 rings (SSSR count). The van der Waals surface area contributed by atoms with E-state index < -0.39 is 5.97 Å². The zero-order chi connectivity index (χ0) is 17.9. The van der Waals surface area contributed by atoms with Crippen LogP contribution in [0, 0.1) is 13.8 Å². The first-order valence-corrected chi connectivity index (χ1v) is 8.65. The van der Waals surface area contributed by atoms with Gasteiger partial charge in [-0.05, 0) is 45.0 Å². The van der Waals surface area contributed by atoms with Gasteiger partial charge in [-0.15, -0.1) is 5.10 Å². The van der Waals surface area contributed by atoms with Crippen molar-refractivity contribution in [1.82, 2.24) is 25.2 Å². The Bertz CT molecular complexity index is 750. The summed E-state index contributed by atoms with van der Waals surface area (Å²) in [6, 6.07) is 0.101. The Morgan fingerprint density at radius 2 is 1.92 bits per heavy atom. The smallest absolute Gasteiger partial charge is 0.340 e. The molecular weight excluding hydrogens is 330 g/mol. The van der Waals surface area contributed by atoms with Gasteiger partial charge in [-0.1, -0.05) is 11.8 Å². The van der Waals surface area contributed by atoms with Crippen LogP contribution in [-0.4, -0.2) is 49.3 Å². The molecule has 0 unspecified atom stereocenters. The number of thioether (sulfide) groups is 1. The molecular formula is C15H21N5O3S. The summed E-state index contributed by atoms with van der Waals surface area (Å²) in [7, 11) is 0. The van der Waals surface area contributed by atoms with Gasteiger partial charge in [0.15, 0.2) is 5.78 Å². The van der Waals surface area contributed by atoms with Gasteiger partial charge in [0.05, 0.1) is 29.5 Å². The largest absolute Gasteiger partial charge is 0.462 e. The van der Waals surface area contributed by atoms with E-state index in [4.69, 9.17) is 4.74 Å². The number of ketones is 1. The molecule has 24 heavy (non-hydrogen) atoms. The molecule has 0 bridgehead atoms. The molecule has 0 radical (unpaired) electrons. The summed E-state index contributed by atoms with van der Waals surface area (Å²) in [5.41, 5.74) is 1.97. The summed E-state index contributed by atoms with van der Waals surface area (Å²) in [5.74, 6) is -0.514. The number of hydrogen-bond acceptors (Lipinski definition) is 7. The summed E-state index contributed by atoms with van der Waals surface area (Å²) < 4.78 is 6.71. The molecule has 0 fully saturated rings. The molecule has 0 saturated carbocycles. The van der Waals surface area contributed by atoms with Crippen molar-refractivity contribution in [1.29, 1.82) is 0 Å². The number of nitrogens with one attached hydrogen (secondary N) is 1. The lowest BCUT2D eigenvalue weighted by atomic mass is 10.1. The highest BCUT2D eigenvalue weighted by atomic mass is 32.2. The third-order valence-corrected chi connectivity index (χ3v) is 4.35. The molecule has 0 aliphatic rings. The summed E-state index contributed by atoms with van der Waals surface area (Å²) in [4.78, 5) is 27.8.